The van der Waals surface area contributed by atoms with Gasteiger partial charge in [0.1, 0.15) is 0 Å². The van der Waals surface area contributed by atoms with Crippen LogP contribution in [0.1, 0.15) is 22.3 Å². The summed E-state index contributed by atoms with van der Waals surface area (Å²) < 4.78 is 0. The normalized spacial score (nSPS) is 16.8. The van der Waals surface area contributed by atoms with Crippen LogP contribution in [0.4, 0.5) is 0 Å². The van der Waals surface area contributed by atoms with Gasteiger partial charge in [0, 0.05) is 36.3 Å². The fourth-order valence-electron chi connectivity index (χ4n) is 3.69. The SMILES string of the molecule is O=C(NC1CCN(Cc2ccccc2)C1)c1cccc(-c2ccc(Cl)cc2)c1. The quantitative estimate of drug-likeness (QED) is 0.664. The highest BCUT2D eigenvalue weighted by molar-refractivity contribution is 6.30. The molecule has 28 heavy (non-hydrogen) atoms. The van der Waals surface area contributed by atoms with E-state index in [1.165, 1.54) is 5.56 Å². The molecule has 1 heterocycles. The van der Waals surface area contributed by atoms with Crippen molar-refractivity contribution in [3.05, 3.63) is 95.0 Å². The van der Waals surface area contributed by atoms with E-state index in [9.17, 15) is 4.79 Å². The highest BCUT2D eigenvalue weighted by Gasteiger charge is 2.24. The number of halogens is 1. The number of nitrogens with zero attached hydrogens (tertiary/aromatic N) is 1. The van der Waals surface area contributed by atoms with Crippen molar-refractivity contribution in [3.8, 4) is 11.1 Å². The third-order valence-corrected chi connectivity index (χ3v) is 5.41. The molecule has 142 valence electrons. The van der Waals surface area contributed by atoms with Gasteiger partial charge in [0.15, 0.2) is 0 Å². The first kappa shape index (κ1) is 18.7. The van der Waals surface area contributed by atoms with Crippen LogP contribution >= 0.6 is 11.6 Å². The summed E-state index contributed by atoms with van der Waals surface area (Å²) in [6.45, 7) is 2.82. The number of amides is 1. The van der Waals surface area contributed by atoms with Crippen LogP contribution in [0.25, 0.3) is 11.1 Å². The number of benzene rings is 3. The molecule has 3 aromatic rings. The summed E-state index contributed by atoms with van der Waals surface area (Å²) in [6, 6.07) is 26.1. The summed E-state index contributed by atoms with van der Waals surface area (Å²) in [5, 5.41) is 3.90. The zero-order valence-corrected chi connectivity index (χ0v) is 16.4. The van der Waals surface area contributed by atoms with Crippen LogP contribution in [0, 0.1) is 0 Å². The van der Waals surface area contributed by atoms with Crippen LogP contribution in [-0.2, 0) is 6.54 Å². The summed E-state index contributed by atoms with van der Waals surface area (Å²) >= 11 is 5.97. The second kappa shape index (κ2) is 8.59. The van der Waals surface area contributed by atoms with E-state index >= 15 is 0 Å². The molecule has 1 saturated heterocycles. The fourth-order valence-corrected chi connectivity index (χ4v) is 3.81. The number of rotatable bonds is 5. The standard InChI is InChI=1S/C24H23ClN2O/c25-22-11-9-19(10-12-22)20-7-4-8-21(15-20)24(28)26-23-13-14-27(17-23)16-18-5-2-1-3-6-18/h1-12,15,23H,13-14,16-17H2,(H,26,28). The van der Waals surface area contributed by atoms with Crippen molar-refractivity contribution in [2.75, 3.05) is 13.1 Å². The predicted octanol–water partition coefficient (Wildman–Crippen LogP) is 5.01. The molecule has 0 saturated carbocycles. The molecule has 1 aliphatic heterocycles. The van der Waals surface area contributed by atoms with Crippen molar-refractivity contribution in [1.82, 2.24) is 10.2 Å². The van der Waals surface area contributed by atoms with Gasteiger partial charge in [0.2, 0.25) is 0 Å². The monoisotopic (exact) mass is 390 g/mol. The molecule has 1 aliphatic rings. The second-order valence-electron chi connectivity index (χ2n) is 7.27. The van der Waals surface area contributed by atoms with Crippen LogP contribution in [0.2, 0.25) is 5.02 Å². The van der Waals surface area contributed by atoms with Crippen molar-refractivity contribution < 1.29 is 4.79 Å². The number of hydrogen-bond donors (Lipinski definition) is 1. The Labute approximate surface area is 171 Å². The zero-order valence-electron chi connectivity index (χ0n) is 15.6. The van der Waals surface area contributed by atoms with E-state index in [-0.39, 0.29) is 11.9 Å². The van der Waals surface area contributed by atoms with E-state index < -0.39 is 0 Å². The molecule has 1 unspecified atom stereocenters. The summed E-state index contributed by atoms with van der Waals surface area (Å²) in [6.07, 6.45) is 0.982. The number of carbonyl (C=O) groups is 1. The van der Waals surface area contributed by atoms with Crippen LogP contribution in [0.3, 0.4) is 0 Å². The smallest absolute Gasteiger partial charge is 0.251 e. The maximum Gasteiger partial charge on any atom is 0.251 e. The molecule has 1 fully saturated rings. The van der Waals surface area contributed by atoms with Crippen molar-refractivity contribution in [1.29, 1.82) is 0 Å². The molecule has 0 bridgehead atoms. The number of carbonyl (C=O) groups excluding carboxylic acids is 1. The molecule has 1 atom stereocenters. The van der Waals surface area contributed by atoms with Gasteiger partial charge in [-0.1, -0.05) is 66.2 Å². The Kier molecular flexibility index (Phi) is 5.75. The summed E-state index contributed by atoms with van der Waals surface area (Å²) in [7, 11) is 0. The Morgan fingerprint density at radius 2 is 1.75 bits per heavy atom. The molecule has 3 nitrogen and oxygen atoms in total. The van der Waals surface area contributed by atoms with Gasteiger partial charge in [-0.15, -0.1) is 0 Å². The summed E-state index contributed by atoms with van der Waals surface area (Å²) in [4.78, 5) is 15.1. The van der Waals surface area contributed by atoms with Crippen molar-refractivity contribution in [2.24, 2.45) is 0 Å². The van der Waals surface area contributed by atoms with Crippen molar-refractivity contribution >= 4 is 17.5 Å². The Morgan fingerprint density at radius 1 is 0.964 bits per heavy atom. The summed E-state index contributed by atoms with van der Waals surface area (Å²) in [5.74, 6) is -0.0117. The lowest BCUT2D eigenvalue weighted by molar-refractivity contribution is 0.0937. The lowest BCUT2D eigenvalue weighted by Gasteiger charge is -2.17. The van der Waals surface area contributed by atoms with Gasteiger partial charge in [-0.05, 0) is 47.4 Å². The first-order valence-corrected chi connectivity index (χ1v) is 9.98. The second-order valence-corrected chi connectivity index (χ2v) is 7.70. The lowest BCUT2D eigenvalue weighted by atomic mass is 10.0. The minimum absolute atomic E-state index is 0.0117. The maximum atomic E-state index is 12.8. The average molecular weight is 391 g/mol. The van der Waals surface area contributed by atoms with Gasteiger partial charge in [-0.2, -0.15) is 0 Å². The molecule has 3 aromatic carbocycles. The predicted molar refractivity (Wildman–Crippen MR) is 114 cm³/mol. The van der Waals surface area contributed by atoms with Crippen LogP contribution < -0.4 is 5.32 Å². The van der Waals surface area contributed by atoms with Crippen LogP contribution in [-0.4, -0.2) is 29.9 Å². The molecule has 4 rings (SSSR count). The number of hydrogen-bond acceptors (Lipinski definition) is 2. The molecule has 1 N–H and O–H groups in total. The Bertz CT molecular complexity index is 940. The molecule has 4 heteroatoms. The minimum Gasteiger partial charge on any atom is -0.348 e. The Morgan fingerprint density at radius 3 is 2.54 bits per heavy atom. The Balaban J connectivity index is 1.38. The van der Waals surface area contributed by atoms with Gasteiger partial charge < -0.3 is 5.32 Å². The van der Waals surface area contributed by atoms with Gasteiger partial charge in [0.25, 0.3) is 5.91 Å². The Hall–Kier alpha value is -2.62. The zero-order chi connectivity index (χ0) is 19.3. The molecule has 1 amide bonds. The third kappa shape index (κ3) is 4.61. The molecule has 0 aromatic heterocycles. The van der Waals surface area contributed by atoms with Crippen LogP contribution in [0.5, 0.6) is 0 Å². The minimum atomic E-state index is -0.0117. The first-order valence-electron chi connectivity index (χ1n) is 9.60. The average Bonchev–Trinajstić information content (AvgIpc) is 3.16. The topological polar surface area (TPSA) is 32.3 Å². The van der Waals surface area contributed by atoms with E-state index in [4.69, 9.17) is 11.6 Å². The molecular formula is C24H23ClN2O. The molecular weight excluding hydrogens is 368 g/mol. The molecule has 0 spiro atoms. The van der Waals surface area contributed by atoms with E-state index in [0.29, 0.717) is 10.6 Å². The summed E-state index contributed by atoms with van der Waals surface area (Å²) in [5.41, 5.74) is 4.06. The van der Waals surface area contributed by atoms with Crippen molar-refractivity contribution in [2.45, 2.75) is 19.0 Å². The van der Waals surface area contributed by atoms with E-state index in [2.05, 4.69) is 34.5 Å². The van der Waals surface area contributed by atoms with Crippen LogP contribution in [0.15, 0.2) is 78.9 Å². The highest BCUT2D eigenvalue weighted by atomic mass is 35.5. The van der Waals surface area contributed by atoms with Gasteiger partial charge in [0.05, 0.1) is 0 Å². The largest absolute Gasteiger partial charge is 0.348 e. The number of nitrogens with one attached hydrogen (secondary N) is 1. The molecule has 0 radical (unpaired) electrons. The number of likely N-dealkylation sites (tertiary alicyclic amines) is 1. The highest BCUT2D eigenvalue weighted by Crippen LogP contribution is 2.23. The van der Waals surface area contributed by atoms with E-state index in [1.54, 1.807) is 0 Å². The lowest BCUT2D eigenvalue weighted by Crippen LogP contribution is -2.37. The first-order chi connectivity index (χ1) is 13.7. The molecule has 0 aliphatic carbocycles. The maximum absolute atomic E-state index is 12.8. The van der Waals surface area contributed by atoms with Gasteiger partial charge in [-0.25, -0.2) is 0 Å². The van der Waals surface area contributed by atoms with Gasteiger partial charge in [-0.3, -0.25) is 9.69 Å². The fraction of sp³-hybridized carbons (Fsp3) is 0.208. The van der Waals surface area contributed by atoms with E-state index in [1.807, 2.05) is 54.6 Å². The van der Waals surface area contributed by atoms with Gasteiger partial charge >= 0.3 is 0 Å². The van der Waals surface area contributed by atoms with E-state index in [0.717, 1.165) is 37.2 Å². The third-order valence-electron chi connectivity index (χ3n) is 5.16. The van der Waals surface area contributed by atoms with Crippen molar-refractivity contribution in [3.63, 3.8) is 0 Å².